The van der Waals surface area contributed by atoms with Crippen LogP contribution in [0.5, 0.6) is 0 Å². The van der Waals surface area contributed by atoms with Crippen LogP contribution in [0.4, 0.5) is 15.8 Å². The number of piperazine rings is 1. The van der Waals surface area contributed by atoms with Crippen molar-refractivity contribution in [2.24, 2.45) is 4.99 Å². The summed E-state index contributed by atoms with van der Waals surface area (Å²) in [5, 5.41) is 3.46. The second-order valence-corrected chi connectivity index (χ2v) is 7.85. The van der Waals surface area contributed by atoms with Crippen molar-refractivity contribution >= 4 is 41.3 Å². The third-order valence-corrected chi connectivity index (χ3v) is 5.85. The number of aliphatic imine (C=N–C) groups is 1. The van der Waals surface area contributed by atoms with Crippen molar-refractivity contribution in [2.75, 3.05) is 68.8 Å². The van der Waals surface area contributed by atoms with Crippen LogP contribution in [0.3, 0.4) is 0 Å². The van der Waals surface area contributed by atoms with Crippen LogP contribution in [0.25, 0.3) is 0 Å². The van der Waals surface area contributed by atoms with E-state index in [-0.39, 0.29) is 29.8 Å². The van der Waals surface area contributed by atoms with E-state index in [1.807, 2.05) is 12.1 Å². The molecule has 0 unspecified atom stereocenters. The number of hydrogen-bond acceptors (Lipinski definition) is 4. The molecule has 174 valence electrons. The van der Waals surface area contributed by atoms with Gasteiger partial charge in [0.1, 0.15) is 5.82 Å². The smallest absolute Gasteiger partial charge is 0.194 e. The number of rotatable bonds is 5. The molecule has 0 radical (unpaired) electrons. The predicted molar refractivity (Wildman–Crippen MR) is 140 cm³/mol. The third-order valence-electron chi connectivity index (χ3n) is 5.85. The van der Waals surface area contributed by atoms with Crippen LogP contribution in [0.1, 0.15) is 12.5 Å². The first kappa shape index (κ1) is 24.6. The van der Waals surface area contributed by atoms with Crippen LogP contribution in [0.15, 0.2) is 53.5 Å². The zero-order valence-electron chi connectivity index (χ0n) is 18.7. The quantitative estimate of drug-likeness (QED) is 0.349. The number of morpholine rings is 1. The van der Waals surface area contributed by atoms with E-state index in [4.69, 9.17) is 9.73 Å². The second kappa shape index (κ2) is 12.2. The summed E-state index contributed by atoms with van der Waals surface area (Å²) in [6.45, 7) is 10.5. The van der Waals surface area contributed by atoms with Gasteiger partial charge >= 0.3 is 0 Å². The Balaban J connectivity index is 0.00000289. The van der Waals surface area contributed by atoms with Crippen LogP contribution < -0.4 is 15.1 Å². The van der Waals surface area contributed by atoms with Gasteiger partial charge in [0.15, 0.2) is 5.96 Å². The summed E-state index contributed by atoms with van der Waals surface area (Å²) in [5.41, 5.74) is 3.57. The number of benzene rings is 2. The van der Waals surface area contributed by atoms with Crippen molar-refractivity contribution in [3.63, 3.8) is 0 Å². The van der Waals surface area contributed by atoms with Crippen molar-refractivity contribution in [1.29, 1.82) is 0 Å². The molecule has 8 heteroatoms. The minimum Gasteiger partial charge on any atom is -0.378 e. The van der Waals surface area contributed by atoms with Gasteiger partial charge in [-0.25, -0.2) is 9.38 Å². The van der Waals surface area contributed by atoms with E-state index in [0.29, 0.717) is 6.54 Å². The minimum absolute atomic E-state index is 0. The van der Waals surface area contributed by atoms with Crippen LogP contribution in [0.2, 0.25) is 0 Å². The van der Waals surface area contributed by atoms with Gasteiger partial charge in [-0.3, -0.25) is 0 Å². The monoisotopic (exact) mass is 553 g/mol. The lowest BCUT2D eigenvalue weighted by atomic mass is 10.1. The molecule has 0 aromatic heterocycles. The average Bonchev–Trinajstić information content (AvgIpc) is 2.83. The van der Waals surface area contributed by atoms with Crippen LogP contribution in [-0.2, 0) is 11.3 Å². The number of hydrogen-bond donors (Lipinski definition) is 1. The summed E-state index contributed by atoms with van der Waals surface area (Å²) in [6.07, 6.45) is 0. The maximum atomic E-state index is 13.2. The molecule has 6 nitrogen and oxygen atoms in total. The molecule has 0 amide bonds. The Bertz CT molecular complexity index is 865. The van der Waals surface area contributed by atoms with Crippen LogP contribution in [-0.4, -0.2) is 69.9 Å². The first-order chi connectivity index (χ1) is 15.2. The van der Waals surface area contributed by atoms with Gasteiger partial charge in [-0.1, -0.05) is 18.2 Å². The molecule has 2 aromatic carbocycles. The first-order valence-corrected chi connectivity index (χ1v) is 11.2. The van der Waals surface area contributed by atoms with E-state index in [1.165, 1.54) is 23.4 Å². The topological polar surface area (TPSA) is 43.3 Å². The van der Waals surface area contributed by atoms with Crippen molar-refractivity contribution in [1.82, 2.24) is 10.2 Å². The fraction of sp³-hybridized carbons (Fsp3) is 0.458. The second-order valence-electron chi connectivity index (χ2n) is 7.85. The Morgan fingerprint density at radius 3 is 2.31 bits per heavy atom. The molecular formula is C24H33FIN5O. The van der Waals surface area contributed by atoms with E-state index < -0.39 is 0 Å². The van der Waals surface area contributed by atoms with E-state index in [0.717, 1.165) is 70.7 Å². The molecule has 2 aliphatic heterocycles. The van der Waals surface area contributed by atoms with Gasteiger partial charge in [-0.15, -0.1) is 24.0 Å². The molecule has 2 fully saturated rings. The molecule has 1 N–H and O–H groups in total. The predicted octanol–water partition coefficient (Wildman–Crippen LogP) is 3.57. The Kier molecular flexibility index (Phi) is 9.40. The normalized spacial score (nSPS) is 17.2. The summed E-state index contributed by atoms with van der Waals surface area (Å²) in [6, 6.07) is 15.3. The lowest BCUT2D eigenvalue weighted by Crippen LogP contribution is -2.52. The summed E-state index contributed by atoms with van der Waals surface area (Å²) in [7, 11) is 0. The Morgan fingerprint density at radius 2 is 1.62 bits per heavy atom. The van der Waals surface area contributed by atoms with Gasteiger partial charge in [0, 0.05) is 57.2 Å². The average molecular weight is 553 g/mol. The summed E-state index contributed by atoms with van der Waals surface area (Å²) in [5.74, 6) is 0.763. The lowest BCUT2D eigenvalue weighted by Gasteiger charge is -2.37. The fourth-order valence-electron chi connectivity index (χ4n) is 4.17. The van der Waals surface area contributed by atoms with Crippen molar-refractivity contribution in [2.45, 2.75) is 13.5 Å². The number of para-hydroxylation sites is 1. The zero-order valence-corrected chi connectivity index (χ0v) is 21.0. The number of ether oxygens (including phenoxy) is 1. The molecule has 0 spiro atoms. The van der Waals surface area contributed by atoms with E-state index in [1.54, 1.807) is 0 Å². The summed E-state index contributed by atoms with van der Waals surface area (Å²) >= 11 is 0. The number of guanidine groups is 1. The molecule has 0 atom stereocenters. The lowest BCUT2D eigenvalue weighted by molar-refractivity contribution is 0.122. The summed E-state index contributed by atoms with van der Waals surface area (Å²) < 4.78 is 18.7. The fourth-order valence-corrected chi connectivity index (χ4v) is 4.17. The van der Waals surface area contributed by atoms with E-state index in [2.05, 4.69) is 51.2 Å². The molecule has 2 saturated heterocycles. The maximum Gasteiger partial charge on any atom is 0.194 e. The van der Waals surface area contributed by atoms with Gasteiger partial charge in [-0.05, 0) is 42.8 Å². The van der Waals surface area contributed by atoms with Gasteiger partial charge in [0.25, 0.3) is 0 Å². The highest BCUT2D eigenvalue weighted by molar-refractivity contribution is 14.0. The van der Waals surface area contributed by atoms with Gasteiger partial charge < -0.3 is 24.8 Å². The summed E-state index contributed by atoms with van der Waals surface area (Å²) in [4.78, 5) is 12.0. The maximum absolute atomic E-state index is 13.2. The van der Waals surface area contributed by atoms with Gasteiger partial charge in [0.2, 0.25) is 0 Å². The minimum atomic E-state index is -0.193. The Hall–Kier alpha value is -2.07. The molecule has 2 aliphatic rings. The molecular weight excluding hydrogens is 520 g/mol. The standard InChI is InChI=1S/C24H32FN5O.HI/c1-2-26-24(30-13-11-28(12-14-30)22-9-7-21(25)8-10-22)27-19-20-5-3-4-6-23(20)29-15-17-31-18-16-29;/h3-10H,2,11-19H2,1H3,(H,26,27);1H. The molecule has 0 bridgehead atoms. The number of halogens is 2. The molecule has 4 rings (SSSR count). The third kappa shape index (κ3) is 6.25. The molecule has 0 aliphatic carbocycles. The zero-order chi connectivity index (χ0) is 21.5. The van der Waals surface area contributed by atoms with Crippen molar-refractivity contribution < 1.29 is 9.13 Å². The molecule has 2 aromatic rings. The van der Waals surface area contributed by atoms with Crippen LogP contribution >= 0.6 is 24.0 Å². The number of anilines is 2. The van der Waals surface area contributed by atoms with Crippen LogP contribution in [0, 0.1) is 5.82 Å². The molecule has 0 saturated carbocycles. The Morgan fingerprint density at radius 1 is 0.938 bits per heavy atom. The number of nitrogens with zero attached hydrogens (tertiary/aromatic N) is 4. The Labute approximate surface area is 207 Å². The molecule has 2 heterocycles. The van der Waals surface area contributed by atoms with Crippen molar-refractivity contribution in [3.8, 4) is 0 Å². The van der Waals surface area contributed by atoms with Crippen molar-refractivity contribution in [3.05, 3.63) is 59.9 Å². The van der Waals surface area contributed by atoms with Gasteiger partial charge in [-0.2, -0.15) is 0 Å². The number of nitrogens with one attached hydrogen (secondary N) is 1. The molecule has 32 heavy (non-hydrogen) atoms. The highest BCUT2D eigenvalue weighted by atomic mass is 127. The highest BCUT2D eigenvalue weighted by Crippen LogP contribution is 2.22. The highest BCUT2D eigenvalue weighted by Gasteiger charge is 2.20. The van der Waals surface area contributed by atoms with E-state index in [9.17, 15) is 4.39 Å². The van der Waals surface area contributed by atoms with E-state index >= 15 is 0 Å². The van der Waals surface area contributed by atoms with Gasteiger partial charge in [0.05, 0.1) is 19.8 Å². The SMILES string of the molecule is CCNC(=NCc1ccccc1N1CCOCC1)N1CCN(c2ccc(F)cc2)CC1.I. The largest absolute Gasteiger partial charge is 0.378 e. The first-order valence-electron chi connectivity index (χ1n) is 11.2.